The molecule has 1 aliphatic heterocycles. The molecule has 1 atom stereocenters. The molecule has 34 heavy (non-hydrogen) atoms. The molecule has 3 aromatic carbocycles. The van der Waals surface area contributed by atoms with Gasteiger partial charge in [-0.1, -0.05) is 64.5 Å². The van der Waals surface area contributed by atoms with E-state index in [4.69, 9.17) is 0 Å². The van der Waals surface area contributed by atoms with Crippen LogP contribution in [-0.2, 0) is 5.41 Å². The molecule has 1 unspecified atom stereocenters. The molecule has 0 aliphatic carbocycles. The first kappa shape index (κ1) is 24.2. The molecular weight excluding hydrogens is 484 g/mol. The maximum absolute atomic E-state index is 13.3. The van der Waals surface area contributed by atoms with Crippen molar-refractivity contribution in [3.05, 3.63) is 100 Å². The van der Waals surface area contributed by atoms with Crippen LogP contribution in [0.15, 0.2) is 83.3 Å². The minimum atomic E-state index is -0.421. The number of hydrogen-bond acceptors (Lipinski definition) is 2. The van der Waals surface area contributed by atoms with Gasteiger partial charge in [-0.05, 0) is 50.6 Å². The molecular formula is C30H32BrN2O+. The van der Waals surface area contributed by atoms with Gasteiger partial charge >= 0.3 is 0 Å². The van der Waals surface area contributed by atoms with Crippen molar-refractivity contribution in [2.45, 2.75) is 32.6 Å². The van der Waals surface area contributed by atoms with Crippen molar-refractivity contribution in [2.75, 3.05) is 25.0 Å². The standard InChI is InChI=1S/C30H32BrN2O/c1-5-33(6-2)25-16-12-22(13-17-25)14-19-29-30(3,21-28(34)23-10-8-7-9-11-23)26-18-15-24(31)20-27(26)32(29)4/h7-20H,5-6,21H2,1-4H3/q+1. The van der Waals surface area contributed by atoms with Gasteiger partial charge in [0, 0.05) is 52.9 Å². The van der Waals surface area contributed by atoms with Gasteiger partial charge < -0.3 is 4.90 Å². The average Bonchev–Trinajstić information content (AvgIpc) is 3.05. The van der Waals surface area contributed by atoms with Gasteiger partial charge in [0.1, 0.15) is 7.05 Å². The topological polar surface area (TPSA) is 23.3 Å². The summed E-state index contributed by atoms with van der Waals surface area (Å²) in [6, 6.07) is 24.6. The number of hydrogen-bond donors (Lipinski definition) is 0. The smallest absolute Gasteiger partial charge is 0.210 e. The summed E-state index contributed by atoms with van der Waals surface area (Å²) < 4.78 is 3.26. The maximum Gasteiger partial charge on any atom is 0.210 e. The van der Waals surface area contributed by atoms with Crippen molar-refractivity contribution >= 4 is 44.9 Å². The first-order chi connectivity index (χ1) is 16.4. The highest BCUT2D eigenvalue weighted by molar-refractivity contribution is 9.10. The first-order valence-corrected chi connectivity index (χ1v) is 12.7. The molecule has 4 heteroatoms. The molecule has 0 bridgehead atoms. The fourth-order valence-corrected chi connectivity index (χ4v) is 5.32. The Balaban J connectivity index is 1.69. The maximum atomic E-state index is 13.3. The molecule has 1 heterocycles. The summed E-state index contributed by atoms with van der Waals surface area (Å²) >= 11 is 3.62. The van der Waals surface area contributed by atoms with Crippen LogP contribution in [-0.4, -0.2) is 36.2 Å². The molecule has 0 fully saturated rings. The number of allylic oxidation sites excluding steroid dienone is 1. The van der Waals surface area contributed by atoms with E-state index < -0.39 is 5.41 Å². The molecule has 0 aromatic heterocycles. The Labute approximate surface area is 211 Å². The Bertz CT molecular complexity index is 1240. The number of ketones is 1. The van der Waals surface area contributed by atoms with Gasteiger partial charge in [0.15, 0.2) is 11.5 Å². The Morgan fingerprint density at radius 1 is 0.971 bits per heavy atom. The first-order valence-electron chi connectivity index (χ1n) is 11.9. The summed E-state index contributed by atoms with van der Waals surface area (Å²) in [5.74, 6) is 0.154. The van der Waals surface area contributed by atoms with Crippen LogP contribution in [0.4, 0.5) is 11.4 Å². The predicted molar refractivity (Wildman–Crippen MR) is 147 cm³/mol. The third-order valence-electron chi connectivity index (χ3n) is 6.91. The molecule has 4 rings (SSSR count). The van der Waals surface area contributed by atoms with Crippen molar-refractivity contribution in [1.29, 1.82) is 0 Å². The van der Waals surface area contributed by atoms with E-state index in [1.165, 1.54) is 11.3 Å². The summed E-state index contributed by atoms with van der Waals surface area (Å²) in [7, 11) is 2.09. The van der Waals surface area contributed by atoms with Crippen LogP contribution in [0.5, 0.6) is 0 Å². The van der Waals surface area contributed by atoms with E-state index in [2.05, 4.69) is 108 Å². The molecule has 0 N–H and O–H groups in total. The lowest BCUT2D eigenvalue weighted by molar-refractivity contribution is -0.401. The second kappa shape index (κ2) is 10.1. The summed E-state index contributed by atoms with van der Waals surface area (Å²) in [5.41, 5.74) is 6.15. The molecule has 0 saturated heterocycles. The highest BCUT2D eigenvalue weighted by Crippen LogP contribution is 2.43. The normalized spacial score (nSPS) is 17.3. The Morgan fingerprint density at radius 3 is 2.29 bits per heavy atom. The fourth-order valence-electron chi connectivity index (χ4n) is 4.98. The lowest BCUT2D eigenvalue weighted by Crippen LogP contribution is -2.33. The van der Waals surface area contributed by atoms with Gasteiger partial charge in [0.25, 0.3) is 0 Å². The molecule has 3 aromatic rings. The van der Waals surface area contributed by atoms with Crippen LogP contribution in [0.1, 0.15) is 48.7 Å². The average molecular weight is 517 g/mol. The van der Waals surface area contributed by atoms with E-state index in [9.17, 15) is 4.79 Å². The molecule has 0 saturated carbocycles. The lowest BCUT2D eigenvalue weighted by Gasteiger charge is -2.22. The number of nitrogens with zero attached hydrogens (tertiary/aromatic N) is 2. The zero-order valence-electron chi connectivity index (χ0n) is 20.4. The number of rotatable bonds is 8. The molecule has 0 amide bonds. The number of fused-ring (bicyclic) bond motifs is 1. The number of benzene rings is 3. The molecule has 0 radical (unpaired) electrons. The quantitative estimate of drug-likeness (QED) is 0.232. The number of Topliss-reactive ketones (excluding diaryl/α,β-unsaturated/α-hetero) is 1. The molecule has 3 nitrogen and oxygen atoms in total. The fraction of sp³-hybridized carbons (Fsp3) is 0.267. The number of anilines is 1. The lowest BCUT2D eigenvalue weighted by atomic mass is 9.74. The van der Waals surface area contributed by atoms with Gasteiger partial charge in [-0.3, -0.25) is 4.79 Å². The van der Waals surface area contributed by atoms with Gasteiger partial charge in [0.05, 0.1) is 5.41 Å². The van der Waals surface area contributed by atoms with E-state index in [-0.39, 0.29) is 5.78 Å². The minimum absolute atomic E-state index is 0.154. The SMILES string of the molecule is CCN(CC)c1ccc(/C=C/C2=[N+](C)c3cc(Br)ccc3C2(C)CC(=O)c2ccccc2)cc1. The van der Waals surface area contributed by atoms with E-state index in [0.29, 0.717) is 6.42 Å². The van der Waals surface area contributed by atoms with Gasteiger partial charge in [-0.2, -0.15) is 4.58 Å². The second-order valence-electron chi connectivity index (χ2n) is 9.00. The van der Waals surface area contributed by atoms with E-state index >= 15 is 0 Å². The van der Waals surface area contributed by atoms with Crippen molar-refractivity contribution in [3.63, 3.8) is 0 Å². The predicted octanol–water partition coefficient (Wildman–Crippen LogP) is 7.27. The van der Waals surface area contributed by atoms with Crippen molar-refractivity contribution in [1.82, 2.24) is 0 Å². The minimum Gasteiger partial charge on any atom is -0.372 e. The summed E-state index contributed by atoms with van der Waals surface area (Å²) in [6.45, 7) is 8.54. The van der Waals surface area contributed by atoms with Gasteiger partial charge in [-0.15, -0.1) is 0 Å². The number of halogens is 1. The Kier molecular flexibility index (Phi) is 7.18. The van der Waals surface area contributed by atoms with Crippen LogP contribution in [0.2, 0.25) is 0 Å². The molecule has 174 valence electrons. The monoisotopic (exact) mass is 515 g/mol. The van der Waals surface area contributed by atoms with Gasteiger partial charge in [0.2, 0.25) is 5.69 Å². The second-order valence-corrected chi connectivity index (χ2v) is 9.92. The number of carbonyl (C=O) groups is 1. The summed E-state index contributed by atoms with van der Waals surface area (Å²) in [6.07, 6.45) is 4.75. The molecule has 1 aliphatic rings. The Hall–Kier alpha value is -2.98. The van der Waals surface area contributed by atoms with E-state index in [1.54, 1.807) is 0 Å². The summed E-state index contributed by atoms with van der Waals surface area (Å²) in [5, 5.41) is 0. The molecule has 0 spiro atoms. The summed E-state index contributed by atoms with van der Waals surface area (Å²) in [4.78, 5) is 15.6. The van der Waals surface area contributed by atoms with E-state index in [1.807, 2.05) is 30.3 Å². The van der Waals surface area contributed by atoms with Crippen LogP contribution < -0.4 is 4.90 Å². The van der Waals surface area contributed by atoms with Gasteiger partial charge in [-0.25, -0.2) is 0 Å². The third kappa shape index (κ3) is 4.65. The van der Waals surface area contributed by atoms with E-state index in [0.717, 1.165) is 40.1 Å². The largest absolute Gasteiger partial charge is 0.372 e. The van der Waals surface area contributed by atoms with Crippen molar-refractivity contribution in [2.24, 2.45) is 0 Å². The highest BCUT2D eigenvalue weighted by atomic mass is 79.9. The number of carbonyl (C=O) groups excluding carboxylic acids is 1. The van der Waals surface area contributed by atoms with Crippen LogP contribution in [0, 0.1) is 0 Å². The van der Waals surface area contributed by atoms with Crippen LogP contribution in [0.3, 0.4) is 0 Å². The van der Waals surface area contributed by atoms with Crippen LogP contribution in [0.25, 0.3) is 6.08 Å². The van der Waals surface area contributed by atoms with Crippen molar-refractivity contribution < 1.29 is 9.37 Å². The van der Waals surface area contributed by atoms with Crippen LogP contribution >= 0.6 is 15.9 Å². The third-order valence-corrected chi connectivity index (χ3v) is 7.40. The zero-order valence-corrected chi connectivity index (χ0v) is 22.0. The Morgan fingerprint density at radius 2 is 1.65 bits per heavy atom. The highest BCUT2D eigenvalue weighted by Gasteiger charge is 2.47. The van der Waals surface area contributed by atoms with Crippen molar-refractivity contribution in [3.8, 4) is 0 Å². The zero-order chi connectivity index (χ0) is 24.3.